The van der Waals surface area contributed by atoms with Crippen LogP contribution in [-0.4, -0.2) is 70.6 Å². The van der Waals surface area contributed by atoms with Crippen molar-refractivity contribution < 1.29 is 28.6 Å². The lowest BCUT2D eigenvalue weighted by atomic mass is 9.73. The molecular formula is C21H25FN4O5. The summed E-state index contributed by atoms with van der Waals surface area (Å²) in [5.41, 5.74) is -0.00103. The Balaban J connectivity index is 0.000000858. The molecule has 2 aliphatic heterocycles. The summed E-state index contributed by atoms with van der Waals surface area (Å²) in [7, 11) is 0. The lowest BCUT2D eigenvalue weighted by Crippen LogP contribution is -2.66. The van der Waals surface area contributed by atoms with Gasteiger partial charge in [0, 0.05) is 26.2 Å². The molecule has 4 rings (SSSR count). The van der Waals surface area contributed by atoms with Gasteiger partial charge in [0.1, 0.15) is 11.5 Å². The first-order chi connectivity index (χ1) is 15.0. The Morgan fingerprint density at radius 2 is 2.13 bits per heavy atom. The van der Waals surface area contributed by atoms with Gasteiger partial charge in [-0.25, -0.2) is 9.37 Å². The molecule has 2 aromatic rings. The van der Waals surface area contributed by atoms with Gasteiger partial charge in [-0.1, -0.05) is 18.2 Å². The minimum atomic E-state index is -0.851. The first-order valence-corrected chi connectivity index (χ1v) is 9.98. The molecule has 0 bridgehead atoms. The Morgan fingerprint density at radius 3 is 2.74 bits per heavy atom. The summed E-state index contributed by atoms with van der Waals surface area (Å²) in [4.78, 5) is 42.1. The number of nitrogens with one attached hydrogen (secondary N) is 2. The van der Waals surface area contributed by atoms with E-state index in [1.165, 1.54) is 18.6 Å². The van der Waals surface area contributed by atoms with Crippen molar-refractivity contribution >= 4 is 18.3 Å². The molecule has 10 heteroatoms. The minimum Gasteiger partial charge on any atom is -0.483 e. The number of H-pyrrole nitrogens is 1. The molecule has 0 radical (unpaired) electrons. The highest BCUT2D eigenvalue weighted by molar-refractivity contribution is 5.95. The van der Waals surface area contributed by atoms with Crippen molar-refractivity contribution in [3.63, 3.8) is 0 Å². The summed E-state index contributed by atoms with van der Waals surface area (Å²) in [5.74, 6) is -0.722. The van der Waals surface area contributed by atoms with Crippen molar-refractivity contribution in [2.75, 3.05) is 26.2 Å². The molecule has 3 heterocycles. The molecule has 1 aromatic carbocycles. The lowest BCUT2D eigenvalue weighted by Gasteiger charge is -2.48. The zero-order chi connectivity index (χ0) is 22.3. The molecule has 2 fully saturated rings. The van der Waals surface area contributed by atoms with E-state index in [1.54, 1.807) is 23.1 Å². The molecule has 31 heavy (non-hydrogen) atoms. The van der Waals surface area contributed by atoms with Gasteiger partial charge >= 0.3 is 0 Å². The predicted octanol–water partition coefficient (Wildman–Crippen LogP) is 1.23. The number of halogens is 1. The fourth-order valence-electron chi connectivity index (χ4n) is 3.91. The van der Waals surface area contributed by atoms with Gasteiger partial charge < -0.3 is 25.0 Å². The van der Waals surface area contributed by atoms with Gasteiger partial charge in [-0.2, -0.15) is 0 Å². The summed E-state index contributed by atoms with van der Waals surface area (Å²) in [6.45, 7) is 1.37. The van der Waals surface area contributed by atoms with Crippen molar-refractivity contribution in [2.24, 2.45) is 5.41 Å². The van der Waals surface area contributed by atoms with E-state index in [9.17, 15) is 14.0 Å². The van der Waals surface area contributed by atoms with Crippen LogP contribution in [0.2, 0.25) is 0 Å². The Hall–Kier alpha value is -3.27. The highest BCUT2D eigenvalue weighted by atomic mass is 19.1. The van der Waals surface area contributed by atoms with Crippen LogP contribution in [0.4, 0.5) is 4.39 Å². The van der Waals surface area contributed by atoms with Crippen LogP contribution in [0.5, 0.6) is 0 Å². The van der Waals surface area contributed by atoms with E-state index in [2.05, 4.69) is 15.3 Å². The van der Waals surface area contributed by atoms with Gasteiger partial charge in [0.15, 0.2) is 0 Å². The number of likely N-dealkylation sites (tertiary alicyclic amines) is 1. The number of carbonyl (C=O) groups is 3. The van der Waals surface area contributed by atoms with E-state index >= 15 is 0 Å². The van der Waals surface area contributed by atoms with E-state index in [1.807, 2.05) is 0 Å². The molecule has 9 nitrogen and oxygen atoms in total. The van der Waals surface area contributed by atoms with Crippen LogP contribution in [0.25, 0.3) is 0 Å². The first kappa shape index (κ1) is 22.4. The molecule has 166 valence electrons. The van der Waals surface area contributed by atoms with Crippen LogP contribution in [0.3, 0.4) is 0 Å². The number of aromatic amines is 1. The Morgan fingerprint density at radius 1 is 1.39 bits per heavy atom. The number of carbonyl (C=O) groups excluding carboxylic acids is 2. The molecule has 1 atom stereocenters. The van der Waals surface area contributed by atoms with Gasteiger partial charge in [0.2, 0.25) is 5.91 Å². The number of aromatic nitrogens is 2. The maximum atomic E-state index is 14.2. The summed E-state index contributed by atoms with van der Waals surface area (Å²) in [6.07, 6.45) is 5.07. The number of benzene rings is 1. The van der Waals surface area contributed by atoms with Crippen molar-refractivity contribution in [2.45, 2.75) is 25.4 Å². The second-order valence-electron chi connectivity index (χ2n) is 7.63. The molecule has 1 aromatic heterocycles. The fraction of sp³-hybridized carbons (Fsp3) is 0.429. The quantitative estimate of drug-likeness (QED) is 0.590. The number of carboxylic acid groups (broad SMARTS) is 1. The molecule has 0 aliphatic carbocycles. The average Bonchev–Trinajstić information content (AvgIpc) is 3.44. The summed E-state index contributed by atoms with van der Waals surface area (Å²) in [6, 6.07) is 6.45. The average molecular weight is 432 g/mol. The zero-order valence-electron chi connectivity index (χ0n) is 16.9. The van der Waals surface area contributed by atoms with Gasteiger partial charge in [-0.15, -0.1) is 0 Å². The third-order valence-electron chi connectivity index (χ3n) is 5.49. The third-order valence-corrected chi connectivity index (χ3v) is 5.49. The Labute approximate surface area is 178 Å². The van der Waals surface area contributed by atoms with Gasteiger partial charge in [0.05, 0.1) is 24.0 Å². The second kappa shape index (κ2) is 10.2. The van der Waals surface area contributed by atoms with Crippen molar-refractivity contribution in [3.8, 4) is 0 Å². The highest BCUT2D eigenvalue weighted by Gasteiger charge is 2.51. The van der Waals surface area contributed by atoms with E-state index in [0.29, 0.717) is 24.4 Å². The SMILES string of the molecule is O=C(c1cnc[nH]1)N1CC(Cc2ccccc2F)(C(=O)NCC2CCCO2)C1.O=CO. The topological polar surface area (TPSA) is 125 Å². The predicted molar refractivity (Wildman–Crippen MR) is 108 cm³/mol. The summed E-state index contributed by atoms with van der Waals surface area (Å²) < 4.78 is 19.8. The van der Waals surface area contributed by atoms with Gasteiger partial charge in [0.25, 0.3) is 12.4 Å². The molecule has 0 saturated carbocycles. The number of hydrogen-bond acceptors (Lipinski definition) is 5. The van der Waals surface area contributed by atoms with Crippen LogP contribution in [0, 0.1) is 11.2 Å². The molecule has 2 amide bonds. The summed E-state index contributed by atoms with van der Waals surface area (Å²) in [5, 5.41) is 9.85. The Bertz CT molecular complexity index is 893. The van der Waals surface area contributed by atoms with Crippen LogP contribution < -0.4 is 5.32 Å². The van der Waals surface area contributed by atoms with Gasteiger partial charge in [-0.05, 0) is 30.9 Å². The summed E-state index contributed by atoms with van der Waals surface area (Å²) >= 11 is 0. The molecule has 1 unspecified atom stereocenters. The normalized spacial score (nSPS) is 19.0. The maximum absolute atomic E-state index is 14.2. The monoisotopic (exact) mass is 432 g/mol. The van der Waals surface area contributed by atoms with Crippen molar-refractivity contribution in [1.82, 2.24) is 20.2 Å². The molecule has 0 spiro atoms. The van der Waals surface area contributed by atoms with Crippen LogP contribution in [0.1, 0.15) is 28.9 Å². The molecule has 2 saturated heterocycles. The highest BCUT2D eigenvalue weighted by Crippen LogP contribution is 2.36. The van der Waals surface area contributed by atoms with E-state index in [-0.39, 0.29) is 49.7 Å². The van der Waals surface area contributed by atoms with Crippen molar-refractivity contribution in [3.05, 3.63) is 53.9 Å². The van der Waals surface area contributed by atoms with E-state index in [4.69, 9.17) is 14.6 Å². The number of nitrogens with zero attached hydrogens (tertiary/aromatic N) is 2. The van der Waals surface area contributed by atoms with Crippen molar-refractivity contribution in [1.29, 1.82) is 0 Å². The fourth-order valence-corrected chi connectivity index (χ4v) is 3.91. The molecular weight excluding hydrogens is 407 g/mol. The molecule has 3 N–H and O–H groups in total. The largest absolute Gasteiger partial charge is 0.483 e. The number of ether oxygens (including phenoxy) is 1. The number of amides is 2. The van der Waals surface area contributed by atoms with Gasteiger partial charge in [-0.3, -0.25) is 14.4 Å². The lowest BCUT2D eigenvalue weighted by molar-refractivity contribution is -0.140. The standard InChI is InChI=1S/C20H23FN4O3.CH2O2/c21-16-6-2-1-4-14(16)8-20(19(27)23-9-15-5-3-7-28-15)11-25(12-20)18(26)17-10-22-13-24-17;2-1-3/h1-2,4,6,10,13,15H,3,5,7-9,11-12H2,(H,22,24)(H,23,27);1H,(H,2,3). The number of rotatable bonds is 6. The third kappa shape index (κ3) is 5.26. The van der Waals surface area contributed by atoms with Crippen LogP contribution >= 0.6 is 0 Å². The Kier molecular flexibility index (Phi) is 7.35. The zero-order valence-corrected chi connectivity index (χ0v) is 16.9. The minimum absolute atomic E-state index is 0.0252. The smallest absolute Gasteiger partial charge is 0.290 e. The number of hydrogen-bond donors (Lipinski definition) is 3. The second-order valence-corrected chi connectivity index (χ2v) is 7.63. The van der Waals surface area contributed by atoms with Crippen LogP contribution in [0.15, 0.2) is 36.8 Å². The maximum Gasteiger partial charge on any atom is 0.290 e. The first-order valence-electron chi connectivity index (χ1n) is 9.98. The molecule has 2 aliphatic rings. The van der Waals surface area contributed by atoms with Crippen LogP contribution in [-0.2, 0) is 20.7 Å². The number of imidazole rings is 1. The van der Waals surface area contributed by atoms with E-state index in [0.717, 1.165) is 12.8 Å². The van der Waals surface area contributed by atoms with E-state index < -0.39 is 5.41 Å².